The van der Waals surface area contributed by atoms with Crippen molar-refractivity contribution < 1.29 is 29.3 Å². The van der Waals surface area contributed by atoms with Crippen LogP contribution in [0.5, 0.6) is 11.5 Å². The zero-order valence-electron chi connectivity index (χ0n) is 24.4. The Morgan fingerprint density at radius 2 is 0.952 bits per heavy atom. The summed E-state index contributed by atoms with van der Waals surface area (Å²) in [5.41, 5.74) is 3.10. The first-order valence-electron chi connectivity index (χ1n) is 14.6. The monoisotopic (exact) mass is 566 g/mol. The van der Waals surface area contributed by atoms with Gasteiger partial charge in [0.2, 0.25) is 0 Å². The third kappa shape index (κ3) is 10.4. The van der Waals surface area contributed by atoms with Gasteiger partial charge in [-0.05, 0) is 61.4 Å². The van der Waals surface area contributed by atoms with Gasteiger partial charge in [0.1, 0.15) is 11.5 Å². The van der Waals surface area contributed by atoms with E-state index < -0.39 is 11.9 Å². The van der Waals surface area contributed by atoms with Crippen molar-refractivity contribution in [3.05, 3.63) is 94.0 Å². The molecule has 0 saturated carbocycles. The van der Waals surface area contributed by atoms with Gasteiger partial charge in [0.05, 0.1) is 35.5 Å². The van der Waals surface area contributed by atoms with E-state index in [1.165, 1.54) is 24.3 Å². The highest BCUT2D eigenvalue weighted by Gasteiger charge is 2.11. The summed E-state index contributed by atoms with van der Waals surface area (Å²) in [7, 11) is 0. The van der Waals surface area contributed by atoms with Crippen LogP contribution in [-0.2, 0) is 0 Å². The summed E-state index contributed by atoms with van der Waals surface area (Å²) in [6, 6.07) is 16.6. The molecule has 0 aromatic heterocycles. The standard InChI is InChI=1S/C36H38O6/c1-3-5-7-9-23-41-33-25-32(22-16-28-13-19-30(20-14-28)36(39)40)34(42-24-10-8-6-4-2)26-31(33)21-15-27-11-17-29(18-12-27)35(37)38/h11-14,17-20,25-26H,3-10,23-24H2,1-2H3,(H,37,38)(H,39,40). The van der Waals surface area contributed by atoms with Crippen molar-refractivity contribution in [1.82, 2.24) is 0 Å². The molecule has 0 aliphatic carbocycles. The fraction of sp³-hybridized carbons (Fsp3) is 0.333. The number of carbonyl (C=O) groups is 2. The van der Waals surface area contributed by atoms with E-state index in [0.717, 1.165) is 51.4 Å². The molecule has 0 saturated heterocycles. The van der Waals surface area contributed by atoms with Gasteiger partial charge in [-0.3, -0.25) is 0 Å². The van der Waals surface area contributed by atoms with Gasteiger partial charge in [-0.25, -0.2) is 9.59 Å². The molecule has 0 amide bonds. The number of aromatic carboxylic acids is 2. The quantitative estimate of drug-likeness (QED) is 0.153. The average Bonchev–Trinajstić information content (AvgIpc) is 3.00. The molecular weight excluding hydrogens is 528 g/mol. The molecule has 0 unspecified atom stereocenters. The minimum Gasteiger partial charge on any atom is -0.492 e. The van der Waals surface area contributed by atoms with Gasteiger partial charge in [-0.2, -0.15) is 0 Å². The second-order valence-corrected chi connectivity index (χ2v) is 9.93. The van der Waals surface area contributed by atoms with E-state index in [0.29, 0.717) is 47.0 Å². The third-order valence-electron chi connectivity index (χ3n) is 6.54. The van der Waals surface area contributed by atoms with Gasteiger partial charge in [-0.1, -0.05) is 76.1 Å². The van der Waals surface area contributed by atoms with E-state index in [-0.39, 0.29) is 11.1 Å². The van der Waals surface area contributed by atoms with Crippen LogP contribution in [0.25, 0.3) is 0 Å². The molecule has 42 heavy (non-hydrogen) atoms. The maximum Gasteiger partial charge on any atom is 0.335 e. The van der Waals surface area contributed by atoms with Crippen LogP contribution in [0, 0.1) is 23.7 Å². The van der Waals surface area contributed by atoms with Crippen LogP contribution in [0.3, 0.4) is 0 Å². The molecule has 3 rings (SSSR count). The Morgan fingerprint density at radius 1 is 0.571 bits per heavy atom. The average molecular weight is 567 g/mol. The van der Waals surface area contributed by atoms with Gasteiger partial charge in [0.25, 0.3) is 0 Å². The zero-order chi connectivity index (χ0) is 30.2. The SMILES string of the molecule is CCCCCCOc1cc(C#Cc2ccc(C(=O)O)cc2)c(OCCCCCC)cc1C#Cc1ccc(C(=O)O)cc1. The molecule has 6 nitrogen and oxygen atoms in total. The van der Waals surface area contributed by atoms with Crippen LogP contribution in [0.1, 0.15) is 108 Å². The summed E-state index contributed by atoms with van der Waals surface area (Å²) in [6.07, 6.45) is 8.55. The van der Waals surface area contributed by atoms with E-state index >= 15 is 0 Å². The molecule has 0 atom stereocenters. The highest BCUT2D eigenvalue weighted by molar-refractivity contribution is 5.88. The number of benzene rings is 3. The second kappa shape index (κ2) is 17.2. The first kappa shape index (κ1) is 31.8. The molecule has 3 aromatic rings. The van der Waals surface area contributed by atoms with Gasteiger partial charge in [0.15, 0.2) is 0 Å². The topological polar surface area (TPSA) is 93.1 Å². The molecule has 0 bridgehead atoms. The van der Waals surface area contributed by atoms with E-state index in [1.54, 1.807) is 24.3 Å². The Hall–Kier alpha value is -4.68. The first-order valence-corrected chi connectivity index (χ1v) is 14.6. The number of ether oxygens (including phenoxy) is 2. The van der Waals surface area contributed by atoms with E-state index in [1.807, 2.05) is 12.1 Å². The lowest BCUT2D eigenvalue weighted by atomic mass is 10.1. The molecule has 2 N–H and O–H groups in total. The smallest absolute Gasteiger partial charge is 0.335 e. The van der Waals surface area contributed by atoms with Crippen LogP contribution in [0.2, 0.25) is 0 Å². The molecule has 0 radical (unpaired) electrons. The maximum atomic E-state index is 11.2. The zero-order valence-corrected chi connectivity index (χ0v) is 24.4. The lowest BCUT2D eigenvalue weighted by Crippen LogP contribution is -2.03. The molecule has 6 heteroatoms. The van der Waals surface area contributed by atoms with Gasteiger partial charge < -0.3 is 19.7 Å². The van der Waals surface area contributed by atoms with Gasteiger partial charge >= 0.3 is 11.9 Å². The van der Waals surface area contributed by atoms with E-state index in [9.17, 15) is 19.8 Å². The van der Waals surface area contributed by atoms with Crippen LogP contribution in [0.4, 0.5) is 0 Å². The fourth-order valence-electron chi connectivity index (χ4n) is 4.09. The fourth-order valence-corrected chi connectivity index (χ4v) is 4.09. The van der Waals surface area contributed by atoms with Crippen molar-refractivity contribution in [3.8, 4) is 35.2 Å². The van der Waals surface area contributed by atoms with Crippen molar-refractivity contribution in [2.45, 2.75) is 65.2 Å². The van der Waals surface area contributed by atoms with Crippen LogP contribution < -0.4 is 9.47 Å². The molecule has 0 aliphatic heterocycles. The lowest BCUT2D eigenvalue weighted by Gasteiger charge is -2.14. The minimum atomic E-state index is -0.983. The highest BCUT2D eigenvalue weighted by Crippen LogP contribution is 2.29. The lowest BCUT2D eigenvalue weighted by molar-refractivity contribution is 0.0686. The molecule has 218 valence electrons. The number of hydrogen-bond donors (Lipinski definition) is 2. The number of carboxylic acid groups (broad SMARTS) is 2. The van der Waals surface area contributed by atoms with E-state index in [4.69, 9.17) is 9.47 Å². The maximum absolute atomic E-state index is 11.2. The highest BCUT2D eigenvalue weighted by atomic mass is 16.5. The Bertz CT molecular complexity index is 1330. The Morgan fingerprint density at radius 3 is 1.29 bits per heavy atom. The second-order valence-electron chi connectivity index (χ2n) is 9.93. The van der Waals surface area contributed by atoms with Crippen molar-refractivity contribution >= 4 is 11.9 Å². The molecular formula is C36H38O6. The van der Waals surface area contributed by atoms with Crippen LogP contribution >= 0.6 is 0 Å². The van der Waals surface area contributed by atoms with Crippen molar-refractivity contribution in [2.75, 3.05) is 13.2 Å². The van der Waals surface area contributed by atoms with Crippen molar-refractivity contribution in [3.63, 3.8) is 0 Å². The predicted octanol–water partition coefficient (Wildman–Crippen LogP) is 7.80. The summed E-state index contributed by atoms with van der Waals surface area (Å²) >= 11 is 0. The molecule has 3 aromatic carbocycles. The Kier molecular flexibility index (Phi) is 13.0. The summed E-state index contributed by atoms with van der Waals surface area (Å²) in [5.74, 6) is 11.9. The Labute approximate surface area is 248 Å². The molecule has 0 aliphatic rings. The summed E-state index contributed by atoms with van der Waals surface area (Å²) in [4.78, 5) is 22.4. The Balaban J connectivity index is 1.98. The largest absolute Gasteiger partial charge is 0.492 e. The minimum absolute atomic E-state index is 0.205. The van der Waals surface area contributed by atoms with Crippen LogP contribution in [-0.4, -0.2) is 35.4 Å². The van der Waals surface area contributed by atoms with Crippen molar-refractivity contribution in [1.29, 1.82) is 0 Å². The number of carboxylic acids is 2. The number of hydrogen-bond acceptors (Lipinski definition) is 4. The summed E-state index contributed by atoms with van der Waals surface area (Å²) in [6.45, 7) is 5.42. The number of rotatable bonds is 14. The van der Waals surface area contributed by atoms with E-state index in [2.05, 4.69) is 37.5 Å². The van der Waals surface area contributed by atoms with Crippen molar-refractivity contribution in [2.24, 2.45) is 0 Å². The summed E-state index contributed by atoms with van der Waals surface area (Å²) < 4.78 is 12.4. The van der Waals surface area contributed by atoms with Gasteiger partial charge in [0, 0.05) is 23.3 Å². The molecule has 0 fully saturated rings. The molecule has 0 heterocycles. The van der Waals surface area contributed by atoms with Gasteiger partial charge in [-0.15, -0.1) is 0 Å². The summed E-state index contributed by atoms with van der Waals surface area (Å²) in [5, 5.41) is 18.4. The van der Waals surface area contributed by atoms with Crippen LogP contribution in [0.15, 0.2) is 60.7 Å². The first-order chi connectivity index (χ1) is 20.4. The number of unbranched alkanes of at least 4 members (excludes halogenated alkanes) is 6. The third-order valence-corrected chi connectivity index (χ3v) is 6.54. The normalized spacial score (nSPS) is 10.1. The molecule has 0 spiro atoms. The predicted molar refractivity (Wildman–Crippen MR) is 164 cm³/mol.